The quantitative estimate of drug-likeness (QED) is 0.739. The lowest BCUT2D eigenvalue weighted by atomic mass is 10.2. The Morgan fingerprint density at radius 3 is 2.56 bits per heavy atom. The lowest BCUT2D eigenvalue weighted by Gasteiger charge is -2.33. The van der Waals surface area contributed by atoms with Crippen molar-refractivity contribution in [2.24, 2.45) is 0 Å². The highest BCUT2D eigenvalue weighted by molar-refractivity contribution is 6.32. The molecule has 0 atom stereocenters. The summed E-state index contributed by atoms with van der Waals surface area (Å²) in [4.78, 5) is 14.2. The van der Waals surface area contributed by atoms with Crippen molar-refractivity contribution in [2.45, 2.75) is 0 Å². The SMILES string of the molecule is COc1ccc(Nc2nc(N3CCN(C)CC3)c3ccccc3n2)cc1Cl. The normalized spacial score (nSPS) is 15.1. The van der Waals surface area contributed by atoms with Crippen LogP contribution in [-0.4, -0.2) is 55.2 Å². The maximum absolute atomic E-state index is 6.24. The molecule has 6 nitrogen and oxygen atoms in total. The third kappa shape index (κ3) is 3.77. The lowest BCUT2D eigenvalue weighted by Crippen LogP contribution is -2.45. The van der Waals surface area contributed by atoms with Crippen LogP contribution in [0.1, 0.15) is 0 Å². The van der Waals surface area contributed by atoms with Crippen LogP contribution >= 0.6 is 11.6 Å². The highest BCUT2D eigenvalue weighted by atomic mass is 35.5. The fourth-order valence-corrected chi connectivity index (χ4v) is 3.51. The third-order valence-electron chi connectivity index (χ3n) is 4.79. The van der Waals surface area contributed by atoms with Crippen molar-refractivity contribution in [1.29, 1.82) is 0 Å². The molecule has 2 aromatic carbocycles. The minimum absolute atomic E-state index is 0.544. The second kappa shape index (κ2) is 7.58. The molecular formula is C20H22ClN5O. The number of rotatable bonds is 4. The van der Waals surface area contributed by atoms with Gasteiger partial charge in [0.25, 0.3) is 0 Å². The van der Waals surface area contributed by atoms with Crippen LogP contribution in [0.15, 0.2) is 42.5 Å². The van der Waals surface area contributed by atoms with Gasteiger partial charge in [0.2, 0.25) is 5.95 Å². The van der Waals surface area contributed by atoms with E-state index in [4.69, 9.17) is 21.3 Å². The van der Waals surface area contributed by atoms with Gasteiger partial charge in [-0.1, -0.05) is 23.7 Å². The summed E-state index contributed by atoms with van der Waals surface area (Å²) in [7, 11) is 3.75. The fourth-order valence-electron chi connectivity index (χ4n) is 3.25. The molecule has 1 saturated heterocycles. The number of methoxy groups -OCH3 is 1. The number of fused-ring (bicyclic) bond motifs is 1. The zero-order valence-corrected chi connectivity index (χ0v) is 16.2. The van der Waals surface area contributed by atoms with Gasteiger partial charge >= 0.3 is 0 Å². The summed E-state index contributed by atoms with van der Waals surface area (Å²) >= 11 is 6.24. The van der Waals surface area contributed by atoms with E-state index < -0.39 is 0 Å². The topological polar surface area (TPSA) is 53.5 Å². The molecule has 2 heterocycles. The zero-order valence-electron chi connectivity index (χ0n) is 15.4. The van der Waals surface area contributed by atoms with Gasteiger partial charge in [0.15, 0.2) is 0 Å². The van der Waals surface area contributed by atoms with Crippen LogP contribution in [0.2, 0.25) is 5.02 Å². The summed E-state index contributed by atoms with van der Waals surface area (Å²) in [6.07, 6.45) is 0. The van der Waals surface area contributed by atoms with Crippen LogP contribution in [0.25, 0.3) is 10.9 Å². The molecule has 0 bridgehead atoms. The molecule has 0 spiro atoms. The van der Waals surface area contributed by atoms with Crippen LogP contribution in [0.4, 0.5) is 17.5 Å². The Morgan fingerprint density at radius 2 is 1.81 bits per heavy atom. The number of hydrogen-bond acceptors (Lipinski definition) is 6. The summed E-state index contributed by atoms with van der Waals surface area (Å²) in [6.45, 7) is 3.95. The molecule has 1 aliphatic heterocycles. The van der Waals surface area contributed by atoms with Gasteiger partial charge in [-0.3, -0.25) is 0 Å². The first-order chi connectivity index (χ1) is 13.1. The number of benzene rings is 2. The van der Waals surface area contributed by atoms with Crippen molar-refractivity contribution in [3.05, 3.63) is 47.5 Å². The number of anilines is 3. The van der Waals surface area contributed by atoms with Gasteiger partial charge in [0.05, 0.1) is 17.6 Å². The second-order valence-corrected chi connectivity index (χ2v) is 7.06. The summed E-state index contributed by atoms with van der Waals surface area (Å²) in [5.74, 6) is 2.17. The Labute approximate surface area is 163 Å². The zero-order chi connectivity index (χ0) is 18.8. The molecule has 1 fully saturated rings. The average Bonchev–Trinajstić information content (AvgIpc) is 2.68. The number of ether oxygens (including phenoxy) is 1. The van der Waals surface area contributed by atoms with Gasteiger partial charge in [-0.25, -0.2) is 4.98 Å². The Bertz CT molecular complexity index is 956. The molecule has 7 heteroatoms. The van der Waals surface area contributed by atoms with E-state index in [0.717, 1.165) is 48.6 Å². The summed E-state index contributed by atoms with van der Waals surface area (Å²) in [6, 6.07) is 13.7. The van der Waals surface area contributed by atoms with Crippen molar-refractivity contribution in [3.8, 4) is 5.75 Å². The first-order valence-electron chi connectivity index (χ1n) is 8.95. The number of nitrogens with one attached hydrogen (secondary N) is 1. The highest BCUT2D eigenvalue weighted by Crippen LogP contribution is 2.30. The van der Waals surface area contributed by atoms with Crippen LogP contribution in [0.5, 0.6) is 5.75 Å². The molecule has 0 amide bonds. The molecule has 0 unspecified atom stereocenters. The summed E-state index contributed by atoms with van der Waals surface area (Å²) in [5, 5.41) is 4.89. The minimum atomic E-state index is 0.544. The van der Waals surface area contributed by atoms with Crippen molar-refractivity contribution in [2.75, 3.05) is 50.6 Å². The lowest BCUT2D eigenvalue weighted by molar-refractivity contribution is 0.312. The number of hydrogen-bond donors (Lipinski definition) is 1. The number of likely N-dealkylation sites (N-methyl/N-ethyl adjacent to an activating group) is 1. The molecule has 27 heavy (non-hydrogen) atoms. The minimum Gasteiger partial charge on any atom is -0.495 e. The van der Waals surface area contributed by atoms with Crippen LogP contribution in [0, 0.1) is 0 Å². The van der Waals surface area contributed by atoms with E-state index >= 15 is 0 Å². The highest BCUT2D eigenvalue weighted by Gasteiger charge is 2.19. The van der Waals surface area contributed by atoms with E-state index in [2.05, 4.69) is 33.2 Å². The molecule has 1 N–H and O–H groups in total. The van der Waals surface area contributed by atoms with E-state index in [0.29, 0.717) is 16.7 Å². The number of aromatic nitrogens is 2. The van der Waals surface area contributed by atoms with Gasteiger partial charge in [-0.2, -0.15) is 4.98 Å². The standard InChI is InChI=1S/C20H22ClN5O/c1-25-9-11-26(12-10-25)19-15-5-3-4-6-17(15)23-20(24-19)22-14-7-8-18(27-2)16(21)13-14/h3-8,13H,9-12H2,1-2H3,(H,22,23,24). The predicted octanol–water partition coefficient (Wildman–Crippen LogP) is 3.79. The van der Waals surface area contributed by atoms with Crippen molar-refractivity contribution in [3.63, 3.8) is 0 Å². The van der Waals surface area contributed by atoms with Gasteiger partial charge in [-0.05, 0) is 37.4 Å². The summed E-state index contributed by atoms with van der Waals surface area (Å²) < 4.78 is 5.21. The van der Waals surface area contributed by atoms with Crippen LogP contribution < -0.4 is 15.0 Å². The van der Waals surface area contributed by atoms with E-state index in [-0.39, 0.29) is 0 Å². The molecule has 4 rings (SSSR count). The van der Waals surface area contributed by atoms with Gasteiger partial charge in [-0.15, -0.1) is 0 Å². The van der Waals surface area contributed by atoms with E-state index in [1.54, 1.807) is 7.11 Å². The molecule has 1 aromatic heterocycles. The number of piperazine rings is 1. The molecule has 140 valence electrons. The van der Waals surface area contributed by atoms with Crippen molar-refractivity contribution < 1.29 is 4.74 Å². The molecule has 1 aliphatic rings. The Morgan fingerprint density at radius 1 is 1.04 bits per heavy atom. The second-order valence-electron chi connectivity index (χ2n) is 6.65. The van der Waals surface area contributed by atoms with Gasteiger partial charge in [0.1, 0.15) is 11.6 Å². The molecular weight excluding hydrogens is 362 g/mol. The number of halogens is 1. The van der Waals surface area contributed by atoms with E-state index in [9.17, 15) is 0 Å². The predicted molar refractivity (Wildman–Crippen MR) is 111 cm³/mol. The summed E-state index contributed by atoms with van der Waals surface area (Å²) in [5.41, 5.74) is 1.74. The van der Waals surface area contributed by atoms with Crippen molar-refractivity contribution >= 4 is 40.0 Å². The first-order valence-corrected chi connectivity index (χ1v) is 9.32. The van der Waals surface area contributed by atoms with Gasteiger partial charge < -0.3 is 19.9 Å². The smallest absolute Gasteiger partial charge is 0.229 e. The largest absolute Gasteiger partial charge is 0.495 e. The first kappa shape index (κ1) is 17.8. The third-order valence-corrected chi connectivity index (χ3v) is 5.09. The maximum Gasteiger partial charge on any atom is 0.229 e. The average molecular weight is 384 g/mol. The monoisotopic (exact) mass is 383 g/mol. The molecule has 0 radical (unpaired) electrons. The molecule has 3 aromatic rings. The van der Waals surface area contributed by atoms with Crippen LogP contribution in [-0.2, 0) is 0 Å². The van der Waals surface area contributed by atoms with Gasteiger partial charge in [0, 0.05) is 37.3 Å². The van der Waals surface area contributed by atoms with Crippen LogP contribution in [0.3, 0.4) is 0 Å². The fraction of sp³-hybridized carbons (Fsp3) is 0.300. The number of para-hydroxylation sites is 1. The maximum atomic E-state index is 6.24. The molecule has 0 saturated carbocycles. The van der Waals surface area contributed by atoms with Crippen molar-refractivity contribution in [1.82, 2.24) is 14.9 Å². The number of nitrogens with zero attached hydrogens (tertiary/aromatic N) is 4. The molecule has 0 aliphatic carbocycles. The Kier molecular flexibility index (Phi) is 5.01. The van der Waals surface area contributed by atoms with E-state index in [1.165, 1.54) is 0 Å². The Hall–Kier alpha value is -2.57. The van der Waals surface area contributed by atoms with E-state index in [1.807, 2.05) is 36.4 Å². The Balaban J connectivity index is 1.70.